The van der Waals surface area contributed by atoms with Crippen LogP contribution >= 0.6 is 0 Å². The quantitative estimate of drug-likeness (QED) is 0.474. The number of esters is 2. The van der Waals surface area contributed by atoms with Gasteiger partial charge in [0.1, 0.15) is 5.92 Å². The maximum Gasteiger partial charge on any atom is 0.317 e. The van der Waals surface area contributed by atoms with E-state index in [0.717, 1.165) is 5.56 Å². The second kappa shape index (κ2) is 10.6. The van der Waals surface area contributed by atoms with Crippen LogP contribution < -0.4 is 0 Å². The van der Waals surface area contributed by atoms with Crippen LogP contribution in [-0.4, -0.2) is 41.6 Å². The van der Waals surface area contributed by atoms with Crippen molar-refractivity contribution in [3.63, 3.8) is 0 Å². The van der Waals surface area contributed by atoms with Crippen molar-refractivity contribution in [2.45, 2.75) is 72.3 Å². The summed E-state index contributed by atoms with van der Waals surface area (Å²) < 4.78 is 10.9. The minimum Gasteiger partial charge on any atom is -0.465 e. The number of Topliss-reactive ketones (excluding diaryl/α,β-unsaturated/α-hetero) is 1. The second-order valence-corrected chi connectivity index (χ2v) is 10.4. The summed E-state index contributed by atoms with van der Waals surface area (Å²) >= 11 is 0. The zero-order valence-corrected chi connectivity index (χ0v) is 20.4. The Morgan fingerprint density at radius 3 is 1.94 bits per heavy atom. The normalized spacial score (nSPS) is 26.0. The number of benzene rings is 1. The van der Waals surface area contributed by atoms with E-state index in [-0.39, 0.29) is 31.5 Å². The van der Waals surface area contributed by atoms with Gasteiger partial charge in [-0.2, -0.15) is 0 Å². The predicted octanol–water partition coefficient (Wildman–Crippen LogP) is 4.25. The first-order valence-electron chi connectivity index (χ1n) is 11.5. The molecule has 178 valence electrons. The first-order valence-corrected chi connectivity index (χ1v) is 11.5. The molecule has 2 rings (SSSR count). The zero-order valence-electron chi connectivity index (χ0n) is 20.4. The fourth-order valence-electron chi connectivity index (χ4n) is 4.20. The van der Waals surface area contributed by atoms with E-state index in [1.807, 2.05) is 52.0 Å². The Kier molecular flexibility index (Phi) is 8.63. The van der Waals surface area contributed by atoms with Crippen LogP contribution in [0.3, 0.4) is 0 Å². The summed E-state index contributed by atoms with van der Waals surface area (Å²) in [5, 5.41) is 11.2. The molecule has 0 unspecified atom stereocenters. The summed E-state index contributed by atoms with van der Waals surface area (Å²) in [4.78, 5) is 39.3. The molecule has 1 aliphatic carbocycles. The highest BCUT2D eigenvalue weighted by atomic mass is 16.5. The molecule has 6 nitrogen and oxygen atoms in total. The van der Waals surface area contributed by atoms with E-state index < -0.39 is 41.1 Å². The number of ketones is 1. The van der Waals surface area contributed by atoms with E-state index in [4.69, 9.17) is 9.47 Å². The van der Waals surface area contributed by atoms with Gasteiger partial charge in [-0.1, -0.05) is 65.8 Å². The van der Waals surface area contributed by atoms with Crippen LogP contribution in [-0.2, 0) is 23.9 Å². The van der Waals surface area contributed by atoms with E-state index in [2.05, 4.69) is 13.8 Å². The topological polar surface area (TPSA) is 89.9 Å². The maximum atomic E-state index is 13.2. The van der Waals surface area contributed by atoms with Crippen molar-refractivity contribution in [2.24, 2.45) is 23.7 Å². The van der Waals surface area contributed by atoms with E-state index in [1.165, 1.54) is 6.92 Å². The van der Waals surface area contributed by atoms with Crippen LogP contribution in [0, 0.1) is 23.7 Å². The van der Waals surface area contributed by atoms with Gasteiger partial charge in [0.15, 0.2) is 5.78 Å². The van der Waals surface area contributed by atoms with Crippen LogP contribution in [0.1, 0.15) is 77.8 Å². The Hall–Kier alpha value is -2.21. The molecule has 0 aliphatic heterocycles. The summed E-state index contributed by atoms with van der Waals surface area (Å²) in [6, 6.07) is 7.53. The molecule has 1 fully saturated rings. The molecule has 6 heteroatoms. The zero-order chi connectivity index (χ0) is 24.2. The van der Waals surface area contributed by atoms with Crippen LogP contribution in [0.2, 0.25) is 0 Å². The number of hydrogen-bond acceptors (Lipinski definition) is 6. The summed E-state index contributed by atoms with van der Waals surface area (Å²) in [6.07, 6.45) is -0.309. The Morgan fingerprint density at radius 1 is 0.969 bits per heavy atom. The molecule has 32 heavy (non-hydrogen) atoms. The number of carbonyl (C=O) groups is 3. The van der Waals surface area contributed by atoms with Gasteiger partial charge in [-0.15, -0.1) is 0 Å². The van der Waals surface area contributed by atoms with Gasteiger partial charge < -0.3 is 14.6 Å². The highest BCUT2D eigenvalue weighted by molar-refractivity contribution is 6.02. The highest BCUT2D eigenvalue weighted by Crippen LogP contribution is 2.47. The maximum absolute atomic E-state index is 13.2. The van der Waals surface area contributed by atoms with Gasteiger partial charge in [0.2, 0.25) is 0 Å². The van der Waals surface area contributed by atoms with Crippen molar-refractivity contribution >= 4 is 17.7 Å². The molecule has 1 aromatic rings. The Bertz CT molecular complexity index is 806. The number of ether oxygens (including phenoxy) is 2. The first-order chi connectivity index (χ1) is 14.8. The minimum atomic E-state index is -1.64. The van der Waals surface area contributed by atoms with Gasteiger partial charge in [-0.05, 0) is 35.8 Å². The molecular formula is C26H38O6. The van der Waals surface area contributed by atoms with E-state index in [1.54, 1.807) is 0 Å². The molecular weight excluding hydrogens is 408 g/mol. The average Bonchev–Trinajstić information content (AvgIpc) is 2.69. The molecule has 0 heterocycles. The predicted molar refractivity (Wildman–Crippen MR) is 122 cm³/mol. The largest absolute Gasteiger partial charge is 0.465 e. The smallest absolute Gasteiger partial charge is 0.317 e. The van der Waals surface area contributed by atoms with Crippen LogP contribution in [0.4, 0.5) is 0 Å². The minimum absolute atomic E-state index is 0.108. The fourth-order valence-corrected chi connectivity index (χ4v) is 4.20. The summed E-state index contributed by atoms with van der Waals surface area (Å²) in [7, 11) is 0. The van der Waals surface area contributed by atoms with Crippen molar-refractivity contribution < 1.29 is 29.0 Å². The van der Waals surface area contributed by atoms with Gasteiger partial charge in [-0.3, -0.25) is 14.4 Å². The third-order valence-electron chi connectivity index (χ3n) is 5.88. The summed E-state index contributed by atoms with van der Waals surface area (Å²) in [6.45, 7) is 13.7. The summed E-state index contributed by atoms with van der Waals surface area (Å²) in [5.74, 6) is -4.26. The number of carbonyl (C=O) groups excluding carboxylic acids is 3. The molecule has 0 saturated heterocycles. The Balaban J connectivity index is 2.54. The lowest BCUT2D eigenvalue weighted by atomic mass is 9.61. The van der Waals surface area contributed by atoms with Gasteiger partial charge in [-0.25, -0.2) is 0 Å². The van der Waals surface area contributed by atoms with Crippen LogP contribution in [0.25, 0.3) is 0 Å². The third kappa shape index (κ3) is 6.18. The molecule has 0 aromatic heterocycles. The number of hydrogen-bond donors (Lipinski definition) is 1. The van der Waals surface area contributed by atoms with Crippen LogP contribution in [0.5, 0.6) is 0 Å². The van der Waals surface area contributed by atoms with Crippen molar-refractivity contribution in [1.82, 2.24) is 0 Å². The van der Waals surface area contributed by atoms with Gasteiger partial charge in [0.05, 0.1) is 24.7 Å². The average molecular weight is 447 g/mol. The highest BCUT2D eigenvalue weighted by Gasteiger charge is 2.57. The van der Waals surface area contributed by atoms with Crippen molar-refractivity contribution in [3.05, 3.63) is 35.4 Å². The molecule has 1 saturated carbocycles. The fraction of sp³-hybridized carbons (Fsp3) is 0.654. The van der Waals surface area contributed by atoms with Gasteiger partial charge in [0, 0.05) is 12.3 Å². The second-order valence-electron chi connectivity index (χ2n) is 10.4. The third-order valence-corrected chi connectivity index (χ3v) is 5.88. The van der Waals surface area contributed by atoms with E-state index in [9.17, 15) is 19.5 Å². The molecule has 0 amide bonds. The van der Waals surface area contributed by atoms with Crippen molar-refractivity contribution in [2.75, 3.05) is 13.2 Å². The Morgan fingerprint density at radius 2 is 1.47 bits per heavy atom. The summed E-state index contributed by atoms with van der Waals surface area (Å²) in [5.41, 5.74) is 0.0997. The standard InChI is InChI=1S/C26H38O6/c1-15(2)13-31-24(28)22-20(27)12-26(7,30)23(25(29)32-14-16(3)4)21(22)19-10-8-18(9-11-19)17(5)6/h8-11,15-17,21-23,30H,12-14H2,1-7H3/t21-,22+,23+,26-/m1/s1. The lowest BCUT2D eigenvalue weighted by Crippen LogP contribution is -2.55. The monoisotopic (exact) mass is 446 g/mol. The van der Waals surface area contributed by atoms with E-state index in [0.29, 0.717) is 11.5 Å². The molecule has 0 spiro atoms. The van der Waals surface area contributed by atoms with Crippen LogP contribution in [0.15, 0.2) is 24.3 Å². The van der Waals surface area contributed by atoms with Crippen molar-refractivity contribution in [3.8, 4) is 0 Å². The molecule has 0 radical (unpaired) electrons. The lowest BCUT2D eigenvalue weighted by molar-refractivity contribution is -0.173. The number of aliphatic hydroxyl groups is 1. The van der Waals surface area contributed by atoms with Gasteiger partial charge >= 0.3 is 11.9 Å². The molecule has 0 bridgehead atoms. The lowest BCUT2D eigenvalue weighted by Gasteiger charge is -2.43. The molecule has 1 aromatic carbocycles. The molecule has 4 atom stereocenters. The molecule has 1 aliphatic rings. The first kappa shape index (κ1) is 26.0. The SMILES string of the molecule is CC(C)COC(=O)[C@H]1C(=O)C[C@@](C)(O)[C@H](C(=O)OCC(C)C)[C@@H]1c1ccc(C(C)C)cc1. The van der Waals surface area contributed by atoms with E-state index >= 15 is 0 Å². The Labute approximate surface area is 191 Å². The number of rotatable bonds is 8. The van der Waals surface area contributed by atoms with Gasteiger partial charge in [0.25, 0.3) is 0 Å². The van der Waals surface area contributed by atoms with Crippen molar-refractivity contribution in [1.29, 1.82) is 0 Å². The molecule has 1 N–H and O–H groups in total.